The molecule has 0 saturated carbocycles. The molecule has 1 aromatic heterocycles. The van der Waals surface area contributed by atoms with Gasteiger partial charge >= 0.3 is 5.97 Å². The van der Waals surface area contributed by atoms with Gasteiger partial charge in [0.15, 0.2) is 0 Å². The number of carboxylic acids is 1. The van der Waals surface area contributed by atoms with Gasteiger partial charge in [0, 0.05) is 18.2 Å². The van der Waals surface area contributed by atoms with E-state index < -0.39 is 5.97 Å². The van der Waals surface area contributed by atoms with E-state index in [-0.39, 0.29) is 12.3 Å². The van der Waals surface area contributed by atoms with Gasteiger partial charge in [-0.05, 0) is 36.4 Å². The smallest absolute Gasteiger partial charge is 0.311 e. The Hall–Kier alpha value is -2.56. The molecule has 0 aliphatic carbocycles. The summed E-state index contributed by atoms with van der Waals surface area (Å²) in [7, 11) is 0. The fourth-order valence-corrected chi connectivity index (χ4v) is 1.70. The van der Waals surface area contributed by atoms with Gasteiger partial charge in [0.05, 0.1) is 0 Å². The predicted molar refractivity (Wildman–Crippen MR) is 69.8 cm³/mol. The molecule has 0 unspecified atom stereocenters. The van der Waals surface area contributed by atoms with Crippen molar-refractivity contribution >= 4 is 17.6 Å². The third-order valence-corrected chi connectivity index (χ3v) is 2.48. The fourth-order valence-electron chi connectivity index (χ4n) is 1.70. The summed E-state index contributed by atoms with van der Waals surface area (Å²) in [4.78, 5) is 21.5. The molecule has 19 heavy (non-hydrogen) atoms. The molecule has 0 radical (unpaired) electrons. The van der Waals surface area contributed by atoms with Crippen molar-refractivity contribution in [3.63, 3.8) is 0 Å². The van der Waals surface area contributed by atoms with Gasteiger partial charge in [-0.15, -0.1) is 0 Å². The number of hydrogen-bond donors (Lipinski definition) is 2. The monoisotopic (exact) mass is 259 g/mol. The van der Waals surface area contributed by atoms with Crippen LogP contribution >= 0.6 is 0 Å². The fraction of sp³-hybridized carbons (Fsp3) is 0.143. The second-order valence-electron chi connectivity index (χ2n) is 4.10. The van der Waals surface area contributed by atoms with Crippen molar-refractivity contribution in [1.82, 2.24) is 0 Å². The van der Waals surface area contributed by atoms with Crippen molar-refractivity contribution in [3.8, 4) is 11.3 Å². The van der Waals surface area contributed by atoms with E-state index in [0.29, 0.717) is 17.2 Å². The number of amides is 1. The van der Waals surface area contributed by atoms with Crippen LogP contribution in [0.2, 0.25) is 0 Å². The van der Waals surface area contributed by atoms with Crippen molar-refractivity contribution in [2.75, 3.05) is 5.32 Å². The summed E-state index contributed by atoms with van der Waals surface area (Å²) in [6.45, 7) is 1.44. The number of hydrogen-bond acceptors (Lipinski definition) is 3. The van der Waals surface area contributed by atoms with E-state index >= 15 is 0 Å². The summed E-state index contributed by atoms with van der Waals surface area (Å²) in [6, 6.07) is 10.5. The Morgan fingerprint density at radius 2 is 1.84 bits per heavy atom. The van der Waals surface area contributed by atoms with E-state index in [1.165, 1.54) is 6.92 Å². The first-order chi connectivity index (χ1) is 9.04. The maximum Gasteiger partial charge on any atom is 0.311 e. The lowest BCUT2D eigenvalue weighted by molar-refractivity contribution is -0.136. The molecule has 2 aromatic rings. The van der Waals surface area contributed by atoms with Crippen LogP contribution in [0.25, 0.3) is 11.3 Å². The average Bonchev–Trinajstić information content (AvgIpc) is 2.76. The average molecular weight is 259 g/mol. The number of carbonyl (C=O) groups excluding carboxylic acids is 1. The molecule has 2 rings (SSSR count). The van der Waals surface area contributed by atoms with Crippen LogP contribution in [0.1, 0.15) is 12.7 Å². The zero-order valence-corrected chi connectivity index (χ0v) is 10.3. The van der Waals surface area contributed by atoms with E-state index in [9.17, 15) is 9.59 Å². The molecule has 0 bridgehead atoms. The number of anilines is 1. The number of aliphatic carboxylic acids is 1. The van der Waals surface area contributed by atoms with Crippen molar-refractivity contribution in [2.45, 2.75) is 13.3 Å². The molecular weight excluding hydrogens is 246 g/mol. The lowest BCUT2D eigenvalue weighted by Crippen LogP contribution is -2.05. The first-order valence-electron chi connectivity index (χ1n) is 5.73. The van der Waals surface area contributed by atoms with Gasteiger partial charge in [-0.3, -0.25) is 9.59 Å². The SMILES string of the molecule is CC(=O)Nc1ccc(-c2ccc(CC(=O)O)o2)cc1. The molecule has 5 nitrogen and oxygen atoms in total. The van der Waals surface area contributed by atoms with E-state index in [2.05, 4.69) is 5.32 Å². The van der Waals surface area contributed by atoms with Gasteiger partial charge < -0.3 is 14.8 Å². The van der Waals surface area contributed by atoms with Crippen LogP contribution in [-0.4, -0.2) is 17.0 Å². The number of nitrogens with one attached hydrogen (secondary N) is 1. The Bertz CT molecular complexity index is 598. The molecule has 0 aliphatic heterocycles. The normalized spacial score (nSPS) is 10.2. The minimum absolute atomic E-state index is 0.130. The maximum absolute atomic E-state index is 10.9. The molecule has 2 N–H and O–H groups in total. The highest BCUT2D eigenvalue weighted by atomic mass is 16.4. The summed E-state index contributed by atoms with van der Waals surface area (Å²) in [5.41, 5.74) is 1.53. The van der Waals surface area contributed by atoms with Crippen LogP contribution in [0.4, 0.5) is 5.69 Å². The van der Waals surface area contributed by atoms with Gasteiger partial charge in [0.2, 0.25) is 5.91 Å². The van der Waals surface area contributed by atoms with Crippen LogP contribution in [0, 0.1) is 0 Å². The van der Waals surface area contributed by atoms with Crippen LogP contribution in [-0.2, 0) is 16.0 Å². The summed E-state index contributed by atoms with van der Waals surface area (Å²) < 4.78 is 5.43. The Labute approximate surface area is 109 Å². The minimum atomic E-state index is -0.929. The second-order valence-corrected chi connectivity index (χ2v) is 4.10. The molecule has 0 fully saturated rings. The molecule has 98 valence electrons. The first-order valence-corrected chi connectivity index (χ1v) is 5.73. The summed E-state index contributed by atoms with van der Waals surface area (Å²) in [5, 5.41) is 11.3. The maximum atomic E-state index is 10.9. The molecule has 0 saturated heterocycles. The molecule has 0 spiro atoms. The van der Waals surface area contributed by atoms with Crippen LogP contribution in [0.15, 0.2) is 40.8 Å². The van der Waals surface area contributed by atoms with E-state index in [0.717, 1.165) is 5.56 Å². The molecule has 0 aliphatic rings. The summed E-state index contributed by atoms with van der Waals surface area (Å²) >= 11 is 0. The Morgan fingerprint density at radius 1 is 1.16 bits per heavy atom. The lowest BCUT2D eigenvalue weighted by Gasteiger charge is -2.02. The topological polar surface area (TPSA) is 79.5 Å². The van der Waals surface area contributed by atoms with Crippen molar-refractivity contribution in [1.29, 1.82) is 0 Å². The lowest BCUT2D eigenvalue weighted by atomic mass is 10.1. The number of carboxylic acid groups (broad SMARTS) is 1. The highest BCUT2D eigenvalue weighted by Crippen LogP contribution is 2.24. The largest absolute Gasteiger partial charge is 0.481 e. The standard InChI is InChI=1S/C14H13NO4/c1-9(16)15-11-4-2-10(3-5-11)13-7-6-12(19-13)8-14(17)18/h2-7H,8H2,1H3,(H,15,16)(H,17,18). The van der Waals surface area contributed by atoms with Gasteiger partial charge in [0.1, 0.15) is 17.9 Å². The summed E-state index contributed by atoms with van der Waals surface area (Å²) in [5.74, 6) is -0.0459. The highest BCUT2D eigenvalue weighted by Gasteiger charge is 2.08. The van der Waals surface area contributed by atoms with Gasteiger partial charge in [-0.1, -0.05) is 0 Å². The number of carbonyl (C=O) groups is 2. The van der Waals surface area contributed by atoms with Gasteiger partial charge in [0.25, 0.3) is 0 Å². The molecule has 1 aromatic carbocycles. The van der Waals surface area contributed by atoms with Crippen LogP contribution < -0.4 is 5.32 Å². The van der Waals surface area contributed by atoms with Gasteiger partial charge in [-0.25, -0.2) is 0 Å². The van der Waals surface area contributed by atoms with E-state index in [4.69, 9.17) is 9.52 Å². The number of furan rings is 1. The first kappa shape index (κ1) is 12.9. The van der Waals surface area contributed by atoms with E-state index in [1.54, 1.807) is 36.4 Å². The quantitative estimate of drug-likeness (QED) is 0.884. The van der Waals surface area contributed by atoms with Crippen molar-refractivity contribution in [3.05, 3.63) is 42.2 Å². The second kappa shape index (κ2) is 5.39. The summed E-state index contributed by atoms with van der Waals surface area (Å²) in [6.07, 6.45) is -0.135. The molecular formula is C14H13NO4. The van der Waals surface area contributed by atoms with Crippen LogP contribution in [0.3, 0.4) is 0 Å². The zero-order valence-electron chi connectivity index (χ0n) is 10.3. The Kier molecular flexibility index (Phi) is 3.66. The zero-order chi connectivity index (χ0) is 13.8. The minimum Gasteiger partial charge on any atom is -0.481 e. The third-order valence-electron chi connectivity index (χ3n) is 2.48. The van der Waals surface area contributed by atoms with Crippen molar-refractivity contribution in [2.24, 2.45) is 0 Å². The third kappa shape index (κ3) is 3.45. The van der Waals surface area contributed by atoms with Crippen LogP contribution in [0.5, 0.6) is 0 Å². The predicted octanol–water partition coefficient (Wildman–Crippen LogP) is 2.53. The molecule has 0 atom stereocenters. The van der Waals surface area contributed by atoms with Crippen molar-refractivity contribution < 1.29 is 19.1 Å². The van der Waals surface area contributed by atoms with Gasteiger partial charge in [-0.2, -0.15) is 0 Å². The Balaban J connectivity index is 2.15. The number of benzene rings is 1. The highest BCUT2D eigenvalue weighted by molar-refractivity contribution is 5.88. The molecule has 5 heteroatoms. The molecule has 1 amide bonds. The van der Waals surface area contributed by atoms with E-state index in [1.807, 2.05) is 0 Å². The molecule has 1 heterocycles. The Morgan fingerprint density at radius 3 is 2.42 bits per heavy atom. The number of rotatable bonds is 4.